The van der Waals surface area contributed by atoms with Gasteiger partial charge in [0, 0.05) is 24.1 Å². The van der Waals surface area contributed by atoms with E-state index < -0.39 is 15.8 Å². The predicted octanol–water partition coefficient (Wildman–Crippen LogP) is 1.92. The molecule has 4 nitrogen and oxygen atoms in total. The normalized spacial score (nSPS) is 21.5. The van der Waals surface area contributed by atoms with Gasteiger partial charge in [-0.3, -0.25) is 0 Å². The molecule has 2 N–H and O–H groups in total. The highest BCUT2D eigenvalue weighted by Crippen LogP contribution is 2.28. The number of nitrogens with two attached hydrogens (primary N) is 1. The molecular weight excluding hydrogens is 287 g/mol. The van der Waals surface area contributed by atoms with Gasteiger partial charge in [-0.05, 0) is 24.6 Å². The molecule has 0 aliphatic carbocycles. The van der Waals surface area contributed by atoms with E-state index in [0.717, 1.165) is 24.3 Å². The van der Waals surface area contributed by atoms with Crippen LogP contribution in [0.5, 0.6) is 0 Å². The van der Waals surface area contributed by atoms with E-state index >= 15 is 0 Å². The highest BCUT2D eigenvalue weighted by atomic mass is 32.2. The third-order valence-corrected chi connectivity index (χ3v) is 6.46. The number of hydrogen-bond acceptors (Lipinski definition) is 4. The molecule has 1 fully saturated rings. The standard InChI is InChI=1S/C12H17FN2O2S2/c1-2-10-8-15(5-6-18-10)19(16,17)12-4-3-9(13)7-11(12)14/h3-4,7,10H,2,5-6,8,14H2,1H3. The van der Waals surface area contributed by atoms with Gasteiger partial charge in [-0.2, -0.15) is 16.1 Å². The molecule has 1 aromatic carbocycles. The number of benzene rings is 1. The Balaban J connectivity index is 2.31. The zero-order valence-electron chi connectivity index (χ0n) is 10.7. The largest absolute Gasteiger partial charge is 0.398 e. The van der Waals surface area contributed by atoms with Crippen molar-refractivity contribution in [3.05, 3.63) is 24.0 Å². The maximum absolute atomic E-state index is 13.0. The van der Waals surface area contributed by atoms with Crippen molar-refractivity contribution in [2.45, 2.75) is 23.5 Å². The average Bonchev–Trinajstić information content (AvgIpc) is 2.38. The van der Waals surface area contributed by atoms with Crippen molar-refractivity contribution < 1.29 is 12.8 Å². The van der Waals surface area contributed by atoms with E-state index in [1.54, 1.807) is 11.8 Å². The molecular formula is C12H17FN2O2S2. The fourth-order valence-electron chi connectivity index (χ4n) is 2.05. The summed E-state index contributed by atoms with van der Waals surface area (Å²) in [6.07, 6.45) is 0.926. The van der Waals surface area contributed by atoms with E-state index in [1.165, 1.54) is 10.4 Å². The van der Waals surface area contributed by atoms with Gasteiger partial charge in [0.1, 0.15) is 10.7 Å². The summed E-state index contributed by atoms with van der Waals surface area (Å²) in [4.78, 5) is -0.00402. The first-order valence-corrected chi connectivity index (χ1v) is 8.60. The van der Waals surface area contributed by atoms with Gasteiger partial charge >= 0.3 is 0 Å². The third-order valence-electron chi connectivity index (χ3n) is 3.15. The maximum atomic E-state index is 13.0. The average molecular weight is 304 g/mol. The smallest absolute Gasteiger partial charge is 0.245 e. The molecule has 0 saturated carbocycles. The fourth-order valence-corrected chi connectivity index (χ4v) is 5.02. The van der Waals surface area contributed by atoms with E-state index in [2.05, 4.69) is 0 Å². The number of halogens is 1. The highest BCUT2D eigenvalue weighted by molar-refractivity contribution is 8.00. The Kier molecular flexibility index (Phi) is 4.37. The highest BCUT2D eigenvalue weighted by Gasteiger charge is 2.31. The van der Waals surface area contributed by atoms with Gasteiger partial charge in [0.25, 0.3) is 0 Å². The quantitative estimate of drug-likeness (QED) is 0.867. The minimum Gasteiger partial charge on any atom is -0.398 e. The summed E-state index contributed by atoms with van der Waals surface area (Å²) >= 11 is 1.79. The minimum absolute atomic E-state index is 0.00402. The molecule has 0 amide bonds. The molecule has 1 aromatic rings. The van der Waals surface area contributed by atoms with Crippen LogP contribution in [0.3, 0.4) is 0 Å². The van der Waals surface area contributed by atoms with Crippen molar-refractivity contribution in [3.8, 4) is 0 Å². The van der Waals surface area contributed by atoms with Crippen molar-refractivity contribution in [3.63, 3.8) is 0 Å². The topological polar surface area (TPSA) is 63.4 Å². The third kappa shape index (κ3) is 3.04. The van der Waals surface area contributed by atoms with Gasteiger partial charge in [-0.1, -0.05) is 6.92 Å². The number of thioether (sulfide) groups is 1. The molecule has 1 aliphatic rings. The summed E-state index contributed by atoms with van der Waals surface area (Å²) < 4.78 is 39.4. The van der Waals surface area contributed by atoms with E-state index in [4.69, 9.17) is 5.73 Å². The monoisotopic (exact) mass is 304 g/mol. The molecule has 1 aliphatic heterocycles. The Labute approximate surface area is 117 Å². The molecule has 1 unspecified atom stereocenters. The number of nitrogens with zero attached hydrogens (tertiary/aromatic N) is 1. The minimum atomic E-state index is -3.62. The molecule has 19 heavy (non-hydrogen) atoms. The Morgan fingerprint density at radius 2 is 2.26 bits per heavy atom. The number of rotatable bonds is 3. The second kappa shape index (κ2) is 5.68. The van der Waals surface area contributed by atoms with Crippen LogP contribution in [0.2, 0.25) is 0 Å². The molecule has 0 radical (unpaired) electrons. The van der Waals surface area contributed by atoms with Gasteiger partial charge in [-0.15, -0.1) is 0 Å². The van der Waals surface area contributed by atoms with Crippen LogP contribution in [-0.4, -0.2) is 36.8 Å². The Morgan fingerprint density at radius 3 is 2.89 bits per heavy atom. The van der Waals surface area contributed by atoms with Crippen LogP contribution in [0.4, 0.5) is 10.1 Å². The van der Waals surface area contributed by atoms with Crippen molar-refractivity contribution >= 4 is 27.5 Å². The summed E-state index contributed by atoms with van der Waals surface area (Å²) in [5.74, 6) is 0.246. The van der Waals surface area contributed by atoms with Crippen LogP contribution in [-0.2, 0) is 10.0 Å². The van der Waals surface area contributed by atoms with Gasteiger partial charge in [0.15, 0.2) is 0 Å². The lowest BCUT2D eigenvalue weighted by atomic mass is 10.3. The molecule has 0 bridgehead atoms. The Hall–Kier alpha value is -0.790. The number of hydrogen-bond donors (Lipinski definition) is 1. The zero-order chi connectivity index (χ0) is 14.0. The zero-order valence-corrected chi connectivity index (χ0v) is 12.3. The van der Waals surface area contributed by atoms with Crippen molar-refractivity contribution in [2.75, 3.05) is 24.6 Å². The molecule has 1 saturated heterocycles. The first-order valence-electron chi connectivity index (χ1n) is 6.12. The molecule has 1 heterocycles. The number of nitrogen functional groups attached to an aromatic ring is 1. The van der Waals surface area contributed by atoms with Crippen LogP contribution >= 0.6 is 11.8 Å². The fraction of sp³-hybridized carbons (Fsp3) is 0.500. The van der Waals surface area contributed by atoms with Crippen molar-refractivity contribution in [1.29, 1.82) is 0 Å². The summed E-state index contributed by atoms with van der Waals surface area (Å²) in [6, 6.07) is 3.41. The van der Waals surface area contributed by atoms with Crippen molar-refractivity contribution in [1.82, 2.24) is 4.31 Å². The van der Waals surface area contributed by atoms with Crippen LogP contribution in [0.1, 0.15) is 13.3 Å². The second-order valence-electron chi connectivity index (χ2n) is 4.45. The lowest BCUT2D eigenvalue weighted by Gasteiger charge is -2.31. The van der Waals surface area contributed by atoms with Gasteiger partial charge in [0.2, 0.25) is 10.0 Å². The molecule has 2 rings (SSSR count). The van der Waals surface area contributed by atoms with Gasteiger partial charge in [0.05, 0.1) is 5.69 Å². The van der Waals surface area contributed by atoms with E-state index in [-0.39, 0.29) is 10.6 Å². The van der Waals surface area contributed by atoms with Crippen LogP contribution in [0.15, 0.2) is 23.1 Å². The van der Waals surface area contributed by atoms with E-state index in [1.807, 2.05) is 6.92 Å². The lowest BCUT2D eigenvalue weighted by Crippen LogP contribution is -2.41. The number of sulfonamides is 1. The van der Waals surface area contributed by atoms with Gasteiger partial charge < -0.3 is 5.73 Å². The number of anilines is 1. The summed E-state index contributed by atoms with van der Waals surface area (Å²) in [5, 5.41) is 0.310. The Bertz CT molecular complexity index is 563. The lowest BCUT2D eigenvalue weighted by molar-refractivity contribution is 0.416. The first kappa shape index (κ1) is 14.6. The van der Waals surface area contributed by atoms with E-state index in [9.17, 15) is 12.8 Å². The second-order valence-corrected chi connectivity index (χ2v) is 7.76. The summed E-state index contributed by atoms with van der Waals surface area (Å²) in [6.45, 7) is 3.00. The van der Waals surface area contributed by atoms with Crippen molar-refractivity contribution in [2.24, 2.45) is 0 Å². The van der Waals surface area contributed by atoms with Gasteiger partial charge in [-0.25, -0.2) is 12.8 Å². The maximum Gasteiger partial charge on any atom is 0.245 e. The summed E-state index contributed by atoms with van der Waals surface area (Å²) in [5.41, 5.74) is 5.59. The predicted molar refractivity (Wildman–Crippen MR) is 76.1 cm³/mol. The molecule has 1 atom stereocenters. The Morgan fingerprint density at radius 1 is 1.53 bits per heavy atom. The van der Waals surface area contributed by atoms with Crippen LogP contribution < -0.4 is 5.73 Å². The SMILES string of the molecule is CCC1CN(S(=O)(=O)c2ccc(F)cc2N)CCS1. The molecule has 106 valence electrons. The first-order chi connectivity index (χ1) is 8.95. The molecule has 0 spiro atoms. The molecule has 7 heteroatoms. The summed E-state index contributed by atoms with van der Waals surface area (Å²) in [7, 11) is -3.62. The molecule has 0 aromatic heterocycles. The van der Waals surface area contributed by atoms with Crippen LogP contribution in [0, 0.1) is 5.82 Å². The van der Waals surface area contributed by atoms with Crippen LogP contribution in [0.25, 0.3) is 0 Å². The van der Waals surface area contributed by atoms with E-state index in [0.29, 0.717) is 18.3 Å².